The van der Waals surface area contributed by atoms with Crippen LogP contribution in [0.5, 0.6) is 0 Å². The van der Waals surface area contributed by atoms with Gasteiger partial charge in [-0.2, -0.15) is 0 Å². The molecule has 0 fully saturated rings. The van der Waals surface area contributed by atoms with Gasteiger partial charge in [0.1, 0.15) is 5.56 Å². The van der Waals surface area contributed by atoms with Crippen LogP contribution in [0.1, 0.15) is 10.4 Å². The molecular weight excluding hydrogens is 348 g/mol. The van der Waals surface area contributed by atoms with Crippen molar-refractivity contribution in [3.8, 4) is 33.5 Å². The van der Waals surface area contributed by atoms with Gasteiger partial charge in [-0.05, 0) is 28.3 Å². The smallest absolute Gasteiger partial charge is 0.261 e. The number of amides is 1. The Morgan fingerprint density at radius 1 is 0.679 bits per heavy atom. The lowest BCUT2D eigenvalue weighted by Gasteiger charge is -2.10. The monoisotopic (exact) mass is 366 g/mol. The fraction of sp³-hybridized carbons (Fsp3) is 0. The topological polar surface area (TPSA) is 76.0 Å². The Hall–Kier alpha value is -3.92. The third-order valence-electron chi connectivity index (χ3n) is 4.67. The summed E-state index contributed by atoms with van der Waals surface area (Å²) in [5.74, 6) is -0.744. The summed E-state index contributed by atoms with van der Waals surface area (Å²) >= 11 is 0. The molecule has 4 aromatic rings. The van der Waals surface area contributed by atoms with E-state index in [1.165, 1.54) is 0 Å². The van der Waals surface area contributed by atoms with E-state index in [0.29, 0.717) is 11.3 Å². The highest BCUT2D eigenvalue weighted by atomic mass is 16.2. The van der Waals surface area contributed by atoms with E-state index in [9.17, 15) is 9.59 Å². The number of hydrogen-bond donors (Lipinski definition) is 2. The molecule has 0 radical (unpaired) electrons. The highest BCUT2D eigenvalue weighted by molar-refractivity contribution is 6.00. The van der Waals surface area contributed by atoms with Crippen LogP contribution in [0.25, 0.3) is 33.5 Å². The van der Waals surface area contributed by atoms with Crippen LogP contribution in [0.2, 0.25) is 0 Å². The maximum atomic E-state index is 12.6. The number of H-pyrrole nitrogens is 1. The molecule has 0 saturated heterocycles. The summed E-state index contributed by atoms with van der Waals surface area (Å²) in [7, 11) is 0. The minimum absolute atomic E-state index is 0.0316. The summed E-state index contributed by atoms with van der Waals surface area (Å²) in [6, 6.07) is 29.1. The predicted octanol–water partition coefficient (Wildman–Crippen LogP) is 4.47. The molecule has 1 aromatic heterocycles. The lowest BCUT2D eigenvalue weighted by molar-refractivity contribution is 0.0999. The molecule has 3 aromatic carbocycles. The number of nitrogens with one attached hydrogen (secondary N) is 1. The van der Waals surface area contributed by atoms with Crippen molar-refractivity contribution in [3.63, 3.8) is 0 Å². The number of aromatic nitrogens is 1. The molecule has 0 saturated carbocycles. The molecule has 1 heterocycles. The molecule has 4 rings (SSSR count). The van der Waals surface area contributed by atoms with Crippen molar-refractivity contribution in [1.29, 1.82) is 0 Å². The number of carbonyl (C=O) groups is 1. The molecule has 136 valence electrons. The first-order valence-electron chi connectivity index (χ1n) is 8.92. The average Bonchev–Trinajstić information content (AvgIpc) is 2.74. The second kappa shape index (κ2) is 7.37. The van der Waals surface area contributed by atoms with Crippen LogP contribution < -0.4 is 11.3 Å². The van der Waals surface area contributed by atoms with Crippen LogP contribution in [0.3, 0.4) is 0 Å². The SMILES string of the molecule is NC(=O)c1c(-c2ccccc2)cc(-c2ccc(-c3ccccc3)cc2)[nH]c1=O. The maximum Gasteiger partial charge on any atom is 0.261 e. The van der Waals surface area contributed by atoms with Gasteiger partial charge in [0.05, 0.1) is 0 Å². The van der Waals surface area contributed by atoms with Gasteiger partial charge in [-0.1, -0.05) is 84.9 Å². The summed E-state index contributed by atoms with van der Waals surface area (Å²) in [6.45, 7) is 0. The van der Waals surface area contributed by atoms with Crippen LogP contribution in [0, 0.1) is 0 Å². The molecule has 0 unspecified atom stereocenters. The third-order valence-corrected chi connectivity index (χ3v) is 4.67. The third kappa shape index (κ3) is 3.35. The molecule has 0 aliphatic carbocycles. The summed E-state index contributed by atoms with van der Waals surface area (Å²) in [5, 5.41) is 0. The number of rotatable bonds is 4. The Morgan fingerprint density at radius 2 is 1.18 bits per heavy atom. The van der Waals surface area contributed by atoms with E-state index in [1.54, 1.807) is 6.07 Å². The summed E-state index contributed by atoms with van der Waals surface area (Å²) in [6.07, 6.45) is 0. The Balaban J connectivity index is 1.82. The molecule has 4 heteroatoms. The Labute approximate surface area is 162 Å². The molecule has 3 N–H and O–H groups in total. The van der Waals surface area contributed by atoms with Gasteiger partial charge < -0.3 is 10.7 Å². The zero-order valence-electron chi connectivity index (χ0n) is 15.1. The molecule has 1 amide bonds. The number of hydrogen-bond acceptors (Lipinski definition) is 2. The number of pyridine rings is 1. The van der Waals surface area contributed by atoms with Crippen LogP contribution in [0.4, 0.5) is 0 Å². The van der Waals surface area contributed by atoms with E-state index in [1.807, 2.05) is 84.9 Å². The van der Waals surface area contributed by atoms with Gasteiger partial charge >= 0.3 is 0 Å². The van der Waals surface area contributed by atoms with Crippen molar-refractivity contribution < 1.29 is 4.79 Å². The number of primary amides is 1. The van der Waals surface area contributed by atoms with Gasteiger partial charge in [-0.3, -0.25) is 9.59 Å². The number of aromatic amines is 1. The van der Waals surface area contributed by atoms with Gasteiger partial charge in [-0.15, -0.1) is 0 Å². The Morgan fingerprint density at radius 3 is 1.75 bits per heavy atom. The van der Waals surface area contributed by atoms with Crippen LogP contribution in [0.15, 0.2) is 95.8 Å². The van der Waals surface area contributed by atoms with Gasteiger partial charge in [0, 0.05) is 11.3 Å². The van der Waals surface area contributed by atoms with Gasteiger partial charge in [-0.25, -0.2) is 0 Å². The molecule has 0 bridgehead atoms. The molecule has 28 heavy (non-hydrogen) atoms. The second-order valence-electron chi connectivity index (χ2n) is 6.47. The van der Waals surface area contributed by atoms with Gasteiger partial charge in [0.2, 0.25) is 0 Å². The van der Waals surface area contributed by atoms with Gasteiger partial charge in [0.15, 0.2) is 0 Å². The highest BCUT2D eigenvalue weighted by Gasteiger charge is 2.16. The van der Waals surface area contributed by atoms with Crippen molar-refractivity contribution in [1.82, 2.24) is 4.98 Å². The first-order chi connectivity index (χ1) is 13.6. The maximum absolute atomic E-state index is 12.6. The number of nitrogens with two attached hydrogens (primary N) is 1. The van der Waals surface area contributed by atoms with Crippen molar-refractivity contribution >= 4 is 5.91 Å². The average molecular weight is 366 g/mol. The Kier molecular flexibility index (Phi) is 4.60. The lowest BCUT2D eigenvalue weighted by Crippen LogP contribution is -2.25. The van der Waals surface area contributed by atoms with Crippen LogP contribution in [-0.4, -0.2) is 10.9 Å². The largest absolute Gasteiger partial charge is 0.365 e. The minimum Gasteiger partial charge on any atom is -0.365 e. The molecule has 0 aliphatic heterocycles. The highest BCUT2D eigenvalue weighted by Crippen LogP contribution is 2.28. The van der Waals surface area contributed by atoms with Crippen molar-refractivity contribution in [2.24, 2.45) is 5.73 Å². The predicted molar refractivity (Wildman–Crippen MR) is 112 cm³/mol. The molecular formula is C24H18N2O2. The number of carbonyl (C=O) groups excluding carboxylic acids is 1. The summed E-state index contributed by atoms with van der Waals surface area (Å²) in [5.41, 5.74) is 9.93. The van der Waals surface area contributed by atoms with Crippen molar-refractivity contribution in [2.45, 2.75) is 0 Å². The quantitative estimate of drug-likeness (QED) is 0.559. The fourth-order valence-corrected chi connectivity index (χ4v) is 3.28. The number of benzene rings is 3. The molecule has 0 atom stereocenters. The summed E-state index contributed by atoms with van der Waals surface area (Å²) < 4.78 is 0. The Bertz CT molecular complexity index is 1180. The zero-order valence-corrected chi connectivity index (χ0v) is 15.1. The van der Waals surface area contributed by atoms with E-state index in [0.717, 1.165) is 22.3 Å². The van der Waals surface area contributed by atoms with Crippen molar-refractivity contribution in [3.05, 3.63) is 107 Å². The minimum atomic E-state index is -0.744. The van der Waals surface area contributed by atoms with E-state index >= 15 is 0 Å². The van der Waals surface area contributed by atoms with E-state index in [2.05, 4.69) is 4.98 Å². The normalized spacial score (nSPS) is 10.6. The van der Waals surface area contributed by atoms with Gasteiger partial charge in [0.25, 0.3) is 11.5 Å². The van der Waals surface area contributed by atoms with E-state index < -0.39 is 11.5 Å². The fourth-order valence-electron chi connectivity index (χ4n) is 3.28. The first-order valence-corrected chi connectivity index (χ1v) is 8.92. The standard InChI is InChI=1S/C24H18N2O2/c25-23(27)22-20(18-9-5-2-6-10-18)15-21(26-24(22)28)19-13-11-17(12-14-19)16-7-3-1-4-8-16/h1-15H,(H2,25,27)(H,26,28). The van der Waals surface area contributed by atoms with E-state index in [-0.39, 0.29) is 5.56 Å². The first kappa shape index (κ1) is 17.5. The van der Waals surface area contributed by atoms with E-state index in [4.69, 9.17) is 5.73 Å². The molecule has 0 aliphatic rings. The van der Waals surface area contributed by atoms with Crippen LogP contribution in [-0.2, 0) is 0 Å². The molecule has 0 spiro atoms. The molecule has 4 nitrogen and oxygen atoms in total. The summed E-state index contributed by atoms with van der Waals surface area (Å²) in [4.78, 5) is 27.2. The second-order valence-corrected chi connectivity index (χ2v) is 6.47. The lowest BCUT2D eigenvalue weighted by atomic mass is 9.97. The zero-order chi connectivity index (χ0) is 19.5. The van der Waals surface area contributed by atoms with Crippen molar-refractivity contribution in [2.75, 3.05) is 0 Å². The van der Waals surface area contributed by atoms with Crippen LogP contribution >= 0.6 is 0 Å².